The average Bonchev–Trinajstić information content (AvgIpc) is 2.26. The number of para-hydroxylation sites is 1. The summed E-state index contributed by atoms with van der Waals surface area (Å²) in [6, 6.07) is 3.43. The minimum atomic E-state index is -4.43. The van der Waals surface area contributed by atoms with Gasteiger partial charge in [-0.2, -0.15) is 17.6 Å². The van der Waals surface area contributed by atoms with E-state index in [1.165, 1.54) is 12.1 Å². The molecule has 106 valence electrons. The normalized spacial score (nSPS) is 11.4. The molecule has 0 amide bonds. The molecule has 0 aromatic heterocycles. The molecule has 0 aliphatic rings. The number of anilines is 1. The Morgan fingerprint density at radius 2 is 2.05 bits per heavy atom. The van der Waals surface area contributed by atoms with Crippen molar-refractivity contribution < 1.29 is 27.2 Å². The van der Waals surface area contributed by atoms with Gasteiger partial charge in [0.25, 0.3) is 0 Å². The molecule has 0 saturated heterocycles. The van der Waals surface area contributed by atoms with Gasteiger partial charge in [-0.25, -0.2) is 0 Å². The molecule has 0 aliphatic carbocycles. The zero-order valence-corrected chi connectivity index (χ0v) is 9.54. The predicted molar refractivity (Wildman–Crippen MR) is 58.4 cm³/mol. The Morgan fingerprint density at radius 1 is 1.37 bits per heavy atom. The van der Waals surface area contributed by atoms with Crippen LogP contribution in [-0.2, 0) is 4.74 Å². The van der Waals surface area contributed by atoms with Crippen molar-refractivity contribution >= 4 is 11.4 Å². The van der Waals surface area contributed by atoms with Crippen LogP contribution in [0.5, 0.6) is 0 Å². The van der Waals surface area contributed by atoms with E-state index in [9.17, 15) is 27.7 Å². The largest absolute Gasteiger partial charge is 0.411 e. The number of nitro benzene ring substituents is 1. The summed E-state index contributed by atoms with van der Waals surface area (Å²) in [7, 11) is 0. The first-order valence-corrected chi connectivity index (χ1v) is 5.12. The number of hydrogen-bond donors (Lipinski definition) is 1. The van der Waals surface area contributed by atoms with Gasteiger partial charge in [0, 0.05) is 6.54 Å². The fraction of sp³-hybridized carbons (Fsp3) is 0.400. The van der Waals surface area contributed by atoms with Crippen molar-refractivity contribution in [3.05, 3.63) is 34.1 Å². The van der Waals surface area contributed by atoms with Gasteiger partial charge >= 0.3 is 11.9 Å². The lowest BCUT2D eigenvalue weighted by Crippen LogP contribution is -2.20. The van der Waals surface area contributed by atoms with Crippen LogP contribution in [0.4, 0.5) is 28.9 Å². The third kappa shape index (κ3) is 5.08. The Kier molecular flexibility index (Phi) is 5.04. The fourth-order valence-corrected chi connectivity index (χ4v) is 1.29. The molecule has 0 radical (unpaired) electrons. The lowest BCUT2D eigenvalue weighted by atomic mass is 10.2. The summed E-state index contributed by atoms with van der Waals surface area (Å²) in [5, 5.41) is 13.1. The number of halogens is 4. The minimum absolute atomic E-state index is 0.111. The molecule has 1 N–H and O–H groups in total. The van der Waals surface area contributed by atoms with Gasteiger partial charge in [0.1, 0.15) is 12.3 Å². The Morgan fingerprint density at radius 3 is 2.63 bits per heavy atom. The van der Waals surface area contributed by atoms with E-state index < -0.39 is 29.2 Å². The number of nitro groups is 1. The van der Waals surface area contributed by atoms with Crippen molar-refractivity contribution in [1.82, 2.24) is 0 Å². The molecule has 0 unspecified atom stereocenters. The monoisotopic (exact) mass is 282 g/mol. The van der Waals surface area contributed by atoms with E-state index in [1.54, 1.807) is 0 Å². The number of ether oxygens (including phenoxy) is 1. The van der Waals surface area contributed by atoms with E-state index >= 15 is 0 Å². The second-order valence-electron chi connectivity index (χ2n) is 3.49. The first-order valence-electron chi connectivity index (χ1n) is 5.12. The topological polar surface area (TPSA) is 64.4 Å². The molecule has 0 fully saturated rings. The highest BCUT2D eigenvalue weighted by atomic mass is 19.4. The molecule has 0 saturated carbocycles. The summed E-state index contributed by atoms with van der Waals surface area (Å²) in [5.41, 5.74) is -0.862. The van der Waals surface area contributed by atoms with Gasteiger partial charge in [0.15, 0.2) is 0 Å². The molecule has 0 spiro atoms. The number of nitrogens with one attached hydrogen (secondary N) is 1. The standard InChI is InChI=1S/C10H10F4N2O3/c11-7-2-1-3-8(9(7)16(17)18)15-4-5-19-6-10(12,13)14/h1-3,15H,4-6H2. The Labute approximate surface area is 105 Å². The first kappa shape index (κ1) is 15.2. The maximum absolute atomic E-state index is 13.2. The summed E-state index contributed by atoms with van der Waals surface area (Å²) in [6.45, 7) is -1.83. The maximum atomic E-state index is 13.2. The highest BCUT2D eigenvalue weighted by molar-refractivity contribution is 5.61. The van der Waals surface area contributed by atoms with E-state index in [-0.39, 0.29) is 18.8 Å². The predicted octanol–water partition coefficient (Wildman–Crippen LogP) is 2.72. The fourth-order valence-electron chi connectivity index (χ4n) is 1.29. The van der Waals surface area contributed by atoms with Gasteiger partial charge in [0.05, 0.1) is 11.5 Å². The molecule has 1 aromatic carbocycles. The zero-order chi connectivity index (χ0) is 14.5. The van der Waals surface area contributed by atoms with Crippen LogP contribution in [0, 0.1) is 15.9 Å². The second kappa shape index (κ2) is 6.32. The smallest absolute Gasteiger partial charge is 0.377 e. The average molecular weight is 282 g/mol. The summed E-state index contributed by atoms with van der Waals surface area (Å²) in [5.74, 6) is -1.02. The number of benzene rings is 1. The molecule has 5 nitrogen and oxygen atoms in total. The van der Waals surface area contributed by atoms with Crippen molar-refractivity contribution in [2.45, 2.75) is 6.18 Å². The number of rotatable bonds is 6. The van der Waals surface area contributed by atoms with Gasteiger partial charge in [-0.15, -0.1) is 0 Å². The summed E-state index contributed by atoms with van der Waals surface area (Å²) in [4.78, 5) is 9.70. The van der Waals surface area contributed by atoms with Crippen molar-refractivity contribution in [3.8, 4) is 0 Å². The van der Waals surface area contributed by atoms with Crippen molar-refractivity contribution in [3.63, 3.8) is 0 Å². The Bertz CT molecular complexity index is 451. The van der Waals surface area contributed by atoms with Crippen molar-refractivity contribution in [2.75, 3.05) is 25.1 Å². The van der Waals surface area contributed by atoms with Crippen LogP contribution >= 0.6 is 0 Å². The molecular formula is C10H10F4N2O3. The molecule has 19 heavy (non-hydrogen) atoms. The van der Waals surface area contributed by atoms with Crippen LogP contribution in [0.15, 0.2) is 18.2 Å². The van der Waals surface area contributed by atoms with Crippen LogP contribution in [0.3, 0.4) is 0 Å². The van der Waals surface area contributed by atoms with Gasteiger partial charge in [-0.3, -0.25) is 10.1 Å². The maximum Gasteiger partial charge on any atom is 0.411 e. The van der Waals surface area contributed by atoms with Gasteiger partial charge < -0.3 is 10.1 Å². The van der Waals surface area contributed by atoms with Gasteiger partial charge in [-0.1, -0.05) is 6.07 Å². The SMILES string of the molecule is O=[N+]([O-])c1c(F)cccc1NCCOCC(F)(F)F. The van der Waals surface area contributed by atoms with Crippen LogP contribution in [0.1, 0.15) is 0 Å². The summed E-state index contributed by atoms with van der Waals surface area (Å²) >= 11 is 0. The van der Waals surface area contributed by atoms with Crippen LogP contribution in [0.2, 0.25) is 0 Å². The lowest BCUT2D eigenvalue weighted by molar-refractivity contribution is -0.386. The van der Waals surface area contributed by atoms with Gasteiger partial charge in [0.2, 0.25) is 5.82 Å². The van der Waals surface area contributed by atoms with Crippen LogP contribution in [0.25, 0.3) is 0 Å². The molecule has 0 aliphatic heterocycles. The minimum Gasteiger partial charge on any atom is -0.377 e. The first-order chi connectivity index (χ1) is 8.81. The van der Waals surface area contributed by atoms with Crippen molar-refractivity contribution in [1.29, 1.82) is 0 Å². The number of alkyl halides is 3. The molecular weight excluding hydrogens is 272 g/mol. The molecule has 0 atom stereocenters. The summed E-state index contributed by atoms with van der Waals surface area (Å²) < 4.78 is 52.7. The molecule has 1 rings (SSSR count). The Hall–Kier alpha value is -1.90. The number of nitrogens with zero attached hydrogens (tertiary/aromatic N) is 1. The highest BCUT2D eigenvalue weighted by Crippen LogP contribution is 2.26. The van der Waals surface area contributed by atoms with E-state index in [2.05, 4.69) is 10.1 Å². The highest BCUT2D eigenvalue weighted by Gasteiger charge is 2.27. The van der Waals surface area contributed by atoms with Crippen LogP contribution in [-0.4, -0.2) is 30.9 Å². The van der Waals surface area contributed by atoms with E-state index in [0.717, 1.165) is 6.07 Å². The van der Waals surface area contributed by atoms with Crippen LogP contribution < -0.4 is 5.32 Å². The third-order valence-electron chi connectivity index (χ3n) is 2.00. The molecule has 1 aromatic rings. The zero-order valence-electron chi connectivity index (χ0n) is 9.54. The third-order valence-corrected chi connectivity index (χ3v) is 2.00. The quantitative estimate of drug-likeness (QED) is 0.377. The van der Waals surface area contributed by atoms with E-state index in [1.807, 2.05) is 0 Å². The second-order valence-corrected chi connectivity index (χ2v) is 3.49. The molecule has 9 heteroatoms. The van der Waals surface area contributed by atoms with Gasteiger partial charge in [-0.05, 0) is 12.1 Å². The number of hydrogen-bond acceptors (Lipinski definition) is 4. The molecule has 0 bridgehead atoms. The van der Waals surface area contributed by atoms with E-state index in [4.69, 9.17) is 0 Å². The van der Waals surface area contributed by atoms with Crippen molar-refractivity contribution in [2.24, 2.45) is 0 Å². The molecule has 0 heterocycles. The van der Waals surface area contributed by atoms with E-state index in [0.29, 0.717) is 0 Å². The lowest BCUT2D eigenvalue weighted by Gasteiger charge is -2.09. The summed E-state index contributed by atoms with van der Waals surface area (Å²) in [6.07, 6.45) is -4.43. The Balaban J connectivity index is 2.50.